The second kappa shape index (κ2) is 6.20. The number of nitrogens with zero attached hydrogens (tertiary/aromatic N) is 2. The number of fused-ring (bicyclic) bond motifs is 1. The summed E-state index contributed by atoms with van der Waals surface area (Å²) in [4.78, 5) is 17.4. The van der Waals surface area contributed by atoms with Crippen LogP contribution in [0.25, 0.3) is 22.2 Å². The molecule has 0 unspecified atom stereocenters. The van der Waals surface area contributed by atoms with Crippen LogP contribution in [0.3, 0.4) is 0 Å². The average Bonchev–Trinajstić information content (AvgIpc) is 3.14. The Bertz CT molecular complexity index is 1040. The lowest BCUT2D eigenvalue weighted by Gasteiger charge is -2.09. The molecule has 0 bridgehead atoms. The van der Waals surface area contributed by atoms with Crippen molar-refractivity contribution in [1.29, 1.82) is 0 Å². The van der Waals surface area contributed by atoms with E-state index in [2.05, 4.69) is 10.5 Å². The predicted molar refractivity (Wildman–Crippen MR) is 96.4 cm³/mol. The number of para-hydroxylation sites is 1. The van der Waals surface area contributed by atoms with Gasteiger partial charge in [-0.2, -0.15) is 0 Å². The molecule has 0 fully saturated rings. The van der Waals surface area contributed by atoms with Gasteiger partial charge in [0, 0.05) is 17.0 Å². The number of aryl methyl sites for hydroxylation is 1. The standard InChI is InChI=1S/C20H15N3O2/c1-13-6-8-14(9-7-13)18-12-16(15-4-2-3-5-17(15)21-18)20(24)22-19-10-11-25-23-19/h2-12H,1H3,(H,22,23,24). The number of carbonyl (C=O) groups excluding carboxylic acids is 1. The molecule has 0 aliphatic rings. The Morgan fingerprint density at radius 2 is 1.84 bits per heavy atom. The highest BCUT2D eigenvalue weighted by Crippen LogP contribution is 2.25. The van der Waals surface area contributed by atoms with E-state index >= 15 is 0 Å². The van der Waals surface area contributed by atoms with Crippen molar-refractivity contribution in [3.63, 3.8) is 0 Å². The number of nitrogens with one attached hydrogen (secondary N) is 1. The number of hydrogen-bond donors (Lipinski definition) is 1. The fourth-order valence-corrected chi connectivity index (χ4v) is 2.70. The van der Waals surface area contributed by atoms with Crippen molar-refractivity contribution in [3.8, 4) is 11.3 Å². The van der Waals surface area contributed by atoms with Crippen molar-refractivity contribution in [1.82, 2.24) is 10.1 Å². The van der Waals surface area contributed by atoms with Gasteiger partial charge < -0.3 is 9.84 Å². The van der Waals surface area contributed by atoms with Gasteiger partial charge in [0.1, 0.15) is 6.26 Å². The summed E-state index contributed by atoms with van der Waals surface area (Å²) in [6, 6.07) is 19.1. The molecule has 2 aromatic carbocycles. The van der Waals surface area contributed by atoms with Gasteiger partial charge in [-0.05, 0) is 19.1 Å². The Kier molecular flexibility index (Phi) is 3.74. The first-order valence-electron chi connectivity index (χ1n) is 7.89. The van der Waals surface area contributed by atoms with Crippen LogP contribution in [0.5, 0.6) is 0 Å². The highest BCUT2D eigenvalue weighted by Gasteiger charge is 2.15. The van der Waals surface area contributed by atoms with Crippen LogP contribution in [0.1, 0.15) is 15.9 Å². The number of carbonyl (C=O) groups is 1. The van der Waals surface area contributed by atoms with Gasteiger partial charge in [0.05, 0.1) is 16.8 Å². The second-order valence-corrected chi connectivity index (χ2v) is 5.78. The number of amides is 1. The molecule has 122 valence electrons. The molecule has 0 aliphatic carbocycles. The zero-order chi connectivity index (χ0) is 17.2. The van der Waals surface area contributed by atoms with E-state index in [-0.39, 0.29) is 5.91 Å². The minimum absolute atomic E-state index is 0.249. The molecule has 0 aliphatic heterocycles. The van der Waals surface area contributed by atoms with E-state index < -0.39 is 0 Å². The summed E-state index contributed by atoms with van der Waals surface area (Å²) in [5.74, 6) is 0.128. The fourth-order valence-electron chi connectivity index (χ4n) is 2.70. The summed E-state index contributed by atoms with van der Waals surface area (Å²) >= 11 is 0. The monoisotopic (exact) mass is 329 g/mol. The Hall–Kier alpha value is -3.47. The van der Waals surface area contributed by atoms with Crippen LogP contribution >= 0.6 is 0 Å². The van der Waals surface area contributed by atoms with Crippen molar-refractivity contribution in [2.75, 3.05) is 5.32 Å². The molecular weight excluding hydrogens is 314 g/mol. The topological polar surface area (TPSA) is 68.0 Å². The molecule has 5 heteroatoms. The third kappa shape index (κ3) is 2.99. The average molecular weight is 329 g/mol. The summed E-state index contributed by atoms with van der Waals surface area (Å²) in [5.41, 5.74) is 4.21. The first kappa shape index (κ1) is 15.1. The lowest BCUT2D eigenvalue weighted by Crippen LogP contribution is -2.13. The summed E-state index contributed by atoms with van der Waals surface area (Å²) < 4.78 is 4.77. The van der Waals surface area contributed by atoms with E-state index in [1.54, 1.807) is 6.07 Å². The quantitative estimate of drug-likeness (QED) is 0.603. The van der Waals surface area contributed by atoms with Gasteiger partial charge in [0.2, 0.25) is 0 Å². The van der Waals surface area contributed by atoms with Crippen molar-refractivity contribution < 1.29 is 9.32 Å². The minimum atomic E-state index is -0.249. The highest BCUT2D eigenvalue weighted by molar-refractivity contribution is 6.12. The maximum atomic E-state index is 12.7. The van der Waals surface area contributed by atoms with Crippen LogP contribution in [0.2, 0.25) is 0 Å². The van der Waals surface area contributed by atoms with Crippen LogP contribution in [0.15, 0.2) is 71.4 Å². The van der Waals surface area contributed by atoms with Crippen molar-refractivity contribution in [2.24, 2.45) is 0 Å². The van der Waals surface area contributed by atoms with Crippen LogP contribution in [0, 0.1) is 6.92 Å². The molecule has 1 amide bonds. The lowest BCUT2D eigenvalue weighted by atomic mass is 10.0. The first-order chi connectivity index (χ1) is 12.2. The van der Waals surface area contributed by atoms with Crippen LogP contribution < -0.4 is 5.32 Å². The zero-order valence-corrected chi connectivity index (χ0v) is 13.6. The number of aromatic nitrogens is 2. The van der Waals surface area contributed by atoms with E-state index in [4.69, 9.17) is 9.51 Å². The molecule has 1 N–H and O–H groups in total. The van der Waals surface area contributed by atoms with Gasteiger partial charge in [-0.1, -0.05) is 53.2 Å². The summed E-state index contributed by atoms with van der Waals surface area (Å²) in [6.07, 6.45) is 1.41. The Labute approximate surface area is 144 Å². The van der Waals surface area contributed by atoms with E-state index in [0.29, 0.717) is 11.4 Å². The SMILES string of the molecule is Cc1ccc(-c2cc(C(=O)Nc3ccon3)c3ccccc3n2)cc1. The highest BCUT2D eigenvalue weighted by atomic mass is 16.5. The zero-order valence-electron chi connectivity index (χ0n) is 13.6. The molecule has 0 radical (unpaired) electrons. The number of benzene rings is 2. The number of pyridine rings is 1. The third-order valence-electron chi connectivity index (χ3n) is 3.99. The smallest absolute Gasteiger partial charge is 0.257 e. The summed E-state index contributed by atoms with van der Waals surface area (Å²) in [5, 5.41) is 7.27. The van der Waals surface area contributed by atoms with Crippen LogP contribution in [0.4, 0.5) is 5.82 Å². The summed E-state index contributed by atoms with van der Waals surface area (Å²) in [7, 11) is 0. The molecular formula is C20H15N3O2. The van der Waals surface area contributed by atoms with Gasteiger partial charge in [0.15, 0.2) is 5.82 Å². The van der Waals surface area contributed by atoms with E-state index in [1.165, 1.54) is 11.8 Å². The molecule has 4 aromatic rings. The fraction of sp³-hybridized carbons (Fsp3) is 0.0500. The first-order valence-corrected chi connectivity index (χ1v) is 7.89. The molecule has 0 saturated heterocycles. The van der Waals surface area contributed by atoms with Crippen molar-refractivity contribution in [3.05, 3.63) is 78.1 Å². The van der Waals surface area contributed by atoms with E-state index in [9.17, 15) is 4.79 Å². The van der Waals surface area contributed by atoms with E-state index in [1.807, 2.05) is 61.5 Å². The Morgan fingerprint density at radius 3 is 2.60 bits per heavy atom. The molecule has 2 aromatic heterocycles. The van der Waals surface area contributed by atoms with E-state index in [0.717, 1.165) is 22.2 Å². The Morgan fingerprint density at radius 1 is 1.04 bits per heavy atom. The van der Waals surface area contributed by atoms with Gasteiger partial charge in [-0.3, -0.25) is 4.79 Å². The summed E-state index contributed by atoms with van der Waals surface area (Å²) in [6.45, 7) is 2.04. The Balaban J connectivity index is 1.84. The molecule has 0 atom stereocenters. The molecule has 2 heterocycles. The second-order valence-electron chi connectivity index (χ2n) is 5.78. The maximum Gasteiger partial charge on any atom is 0.257 e. The van der Waals surface area contributed by atoms with Gasteiger partial charge in [0.25, 0.3) is 5.91 Å². The maximum absolute atomic E-state index is 12.7. The molecule has 4 rings (SSSR count). The van der Waals surface area contributed by atoms with Crippen LogP contribution in [-0.2, 0) is 0 Å². The van der Waals surface area contributed by atoms with Crippen LogP contribution in [-0.4, -0.2) is 16.0 Å². The van der Waals surface area contributed by atoms with Gasteiger partial charge in [-0.25, -0.2) is 4.98 Å². The predicted octanol–water partition coefficient (Wildman–Crippen LogP) is 4.45. The molecule has 25 heavy (non-hydrogen) atoms. The van der Waals surface area contributed by atoms with Gasteiger partial charge in [-0.15, -0.1) is 0 Å². The number of hydrogen-bond acceptors (Lipinski definition) is 4. The lowest BCUT2D eigenvalue weighted by molar-refractivity contribution is 0.102. The number of anilines is 1. The minimum Gasteiger partial charge on any atom is -0.363 e. The third-order valence-corrected chi connectivity index (χ3v) is 3.99. The molecule has 0 spiro atoms. The van der Waals surface area contributed by atoms with Crippen molar-refractivity contribution >= 4 is 22.6 Å². The largest absolute Gasteiger partial charge is 0.363 e. The molecule has 5 nitrogen and oxygen atoms in total. The van der Waals surface area contributed by atoms with Gasteiger partial charge >= 0.3 is 0 Å². The van der Waals surface area contributed by atoms with Crippen molar-refractivity contribution in [2.45, 2.75) is 6.92 Å². The molecule has 0 saturated carbocycles. The number of rotatable bonds is 3. The normalized spacial score (nSPS) is 10.8.